The van der Waals surface area contributed by atoms with Gasteiger partial charge in [0.05, 0.1) is 6.10 Å². The van der Waals surface area contributed by atoms with Gasteiger partial charge in [0.15, 0.2) is 10.2 Å². The van der Waals surface area contributed by atoms with Gasteiger partial charge in [-0.15, -0.1) is 0 Å². The predicted molar refractivity (Wildman–Crippen MR) is 88.5 cm³/mol. The highest BCUT2D eigenvalue weighted by molar-refractivity contribution is 7.80. The molecule has 0 aromatic rings. The Kier molecular flexibility index (Phi) is 6.75. The molecule has 1 atom stereocenters. The Morgan fingerprint density at radius 1 is 0.950 bits per heavy atom. The van der Waals surface area contributed by atoms with Gasteiger partial charge in [0.2, 0.25) is 0 Å². The summed E-state index contributed by atoms with van der Waals surface area (Å²) in [6, 6.07) is 0.499. The summed E-state index contributed by atoms with van der Waals surface area (Å²) in [6.07, 6.45) is 8.83. The van der Waals surface area contributed by atoms with Gasteiger partial charge in [-0.3, -0.25) is 10.9 Å². The molecule has 0 radical (unpaired) electrons. The van der Waals surface area contributed by atoms with E-state index in [9.17, 15) is 0 Å². The molecule has 1 unspecified atom stereocenters. The summed E-state index contributed by atoms with van der Waals surface area (Å²) in [7, 11) is 0. The van der Waals surface area contributed by atoms with E-state index in [-0.39, 0.29) is 6.10 Å². The minimum Gasteiger partial charge on any atom is -0.376 e. The van der Waals surface area contributed by atoms with Crippen molar-refractivity contribution in [3.05, 3.63) is 0 Å². The molecule has 1 aliphatic carbocycles. The van der Waals surface area contributed by atoms with E-state index in [1.54, 1.807) is 0 Å². The number of nitrogens with one attached hydrogen (secondary N) is 4. The molecule has 114 valence electrons. The quantitative estimate of drug-likeness (QED) is 0.463. The van der Waals surface area contributed by atoms with Crippen molar-refractivity contribution < 1.29 is 4.74 Å². The van der Waals surface area contributed by atoms with E-state index in [0.717, 1.165) is 26.0 Å². The summed E-state index contributed by atoms with van der Waals surface area (Å²) in [6.45, 7) is 1.61. The molecule has 0 amide bonds. The maximum absolute atomic E-state index is 5.52. The van der Waals surface area contributed by atoms with Crippen molar-refractivity contribution in [2.45, 2.75) is 57.1 Å². The largest absolute Gasteiger partial charge is 0.376 e. The lowest BCUT2D eigenvalue weighted by molar-refractivity contribution is 0.114. The molecule has 2 fully saturated rings. The van der Waals surface area contributed by atoms with E-state index in [4.69, 9.17) is 29.2 Å². The molecule has 5 nitrogen and oxygen atoms in total. The van der Waals surface area contributed by atoms with Gasteiger partial charge < -0.3 is 15.4 Å². The predicted octanol–water partition coefficient (Wildman–Crippen LogP) is 1.34. The molecular formula is C13H24N4OS2. The fourth-order valence-corrected chi connectivity index (χ4v) is 2.99. The summed E-state index contributed by atoms with van der Waals surface area (Å²) >= 11 is 10.4. The van der Waals surface area contributed by atoms with E-state index >= 15 is 0 Å². The number of ether oxygens (including phenoxy) is 1. The highest BCUT2D eigenvalue weighted by Crippen LogP contribution is 2.17. The summed E-state index contributed by atoms with van der Waals surface area (Å²) < 4.78 is 5.52. The molecular weight excluding hydrogens is 292 g/mol. The second-order valence-electron chi connectivity index (χ2n) is 5.40. The lowest BCUT2D eigenvalue weighted by Gasteiger charge is -2.24. The number of hydrogen-bond donors (Lipinski definition) is 4. The Balaban J connectivity index is 1.53. The normalized spacial score (nSPS) is 23.1. The molecule has 0 aromatic heterocycles. The fourth-order valence-electron chi connectivity index (χ4n) is 2.64. The Morgan fingerprint density at radius 3 is 2.40 bits per heavy atom. The van der Waals surface area contributed by atoms with E-state index in [2.05, 4.69) is 21.5 Å². The topological polar surface area (TPSA) is 57.4 Å². The van der Waals surface area contributed by atoms with Gasteiger partial charge in [0.1, 0.15) is 0 Å². The van der Waals surface area contributed by atoms with Gasteiger partial charge in [-0.25, -0.2) is 0 Å². The van der Waals surface area contributed by atoms with Gasteiger partial charge in [0.25, 0.3) is 0 Å². The van der Waals surface area contributed by atoms with Crippen LogP contribution in [0.5, 0.6) is 0 Å². The van der Waals surface area contributed by atoms with E-state index in [1.807, 2.05) is 0 Å². The van der Waals surface area contributed by atoms with Crippen LogP contribution in [0.2, 0.25) is 0 Å². The van der Waals surface area contributed by atoms with Crippen molar-refractivity contribution in [3.8, 4) is 0 Å². The molecule has 1 saturated heterocycles. The molecule has 4 N–H and O–H groups in total. The minimum atomic E-state index is 0.280. The van der Waals surface area contributed by atoms with Gasteiger partial charge in [-0.05, 0) is 50.1 Å². The van der Waals surface area contributed by atoms with Crippen molar-refractivity contribution in [1.82, 2.24) is 21.5 Å². The first-order chi connectivity index (χ1) is 9.74. The van der Waals surface area contributed by atoms with Gasteiger partial charge in [0, 0.05) is 19.2 Å². The third-order valence-electron chi connectivity index (χ3n) is 3.74. The van der Waals surface area contributed by atoms with Crippen molar-refractivity contribution >= 4 is 34.7 Å². The molecule has 2 aliphatic rings. The number of hydrogen-bond acceptors (Lipinski definition) is 3. The average Bonchev–Trinajstić information content (AvgIpc) is 2.97. The zero-order chi connectivity index (χ0) is 14.2. The van der Waals surface area contributed by atoms with E-state index < -0.39 is 0 Å². The van der Waals surface area contributed by atoms with E-state index in [0.29, 0.717) is 16.3 Å². The number of thiocarbonyl (C=S) groups is 2. The fraction of sp³-hybridized carbons (Fsp3) is 0.846. The molecule has 7 heteroatoms. The molecule has 1 saturated carbocycles. The van der Waals surface area contributed by atoms with Crippen LogP contribution in [0.15, 0.2) is 0 Å². The van der Waals surface area contributed by atoms with Crippen molar-refractivity contribution in [3.63, 3.8) is 0 Å². The van der Waals surface area contributed by atoms with Crippen LogP contribution < -0.4 is 21.5 Å². The summed E-state index contributed by atoms with van der Waals surface area (Å²) in [5.74, 6) is 0. The summed E-state index contributed by atoms with van der Waals surface area (Å²) in [5.41, 5.74) is 5.84. The first-order valence-electron chi connectivity index (χ1n) is 7.46. The Hall–Kier alpha value is -0.660. The number of hydrazine groups is 1. The maximum atomic E-state index is 5.52. The smallest absolute Gasteiger partial charge is 0.185 e. The molecule has 2 rings (SSSR count). The van der Waals surface area contributed by atoms with Crippen LogP contribution >= 0.6 is 24.4 Å². The van der Waals surface area contributed by atoms with Crippen molar-refractivity contribution in [1.29, 1.82) is 0 Å². The lowest BCUT2D eigenvalue weighted by Crippen LogP contribution is -2.53. The van der Waals surface area contributed by atoms with Crippen LogP contribution in [0.4, 0.5) is 0 Å². The SMILES string of the molecule is S=C(NCC1CCCO1)NNC(=S)NC1CCCCC1. The second-order valence-corrected chi connectivity index (χ2v) is 6.22. The molecule has 0 spiro atoms. The zero-order valence-corrected chi connectivity index (χ0v) is 13.4. The highest BCUT2D eigenvalue weighted by Gasteiger charge is 2.16. The highest BCUT2D eigenvalue weighted by atomic mass is 32.1. The van der Waals surface area contributed by atoms with Gasteiger partial charge >= 0.3 is 0 Å². The van der Waals surface area contributed by atoms with Crippen LogP contribution in [0.1, 0.15) is 44.9 Å². The average molecular weight is 316 g/mol. The molecule has 0 aromatic carbocycles. The third-order valence-corrected chi connectivity index (χ3v) is 4.21. The number of rotatable bonds is 3. The summed E-state index contributed by atoms with van der Waals surface area (Å²) in [4.78, 5) is 0. The van der Waals surface area contributed by atoms with Crippen LogP contribution in [-0.2, 0) is 4.74 Å². The van der Waals surface area contributed by atoms with Crippen LogP contribution in [0, 0.1) is 0 Å². The lowest BCUT2D eigenvalue weighted by atomic mass is 9.96. The van der Waals surface area contributed by atoms with Crippen LogP contribution in [-0.4, -0.2) is 35.5 Å². The van der Waals surface area contributed by atoms with Gasteiger partial charge in [-0.2, -0.15) is 0 Å². The van der Waals surface area contributed by atoms with Crippen LogP contribution in [0.3, 0.4) is 0 Å². The first kappa shape index (κ1) is 15.7. The maximum Gasteiger partial charge on any atom is 0.185 e. The Morgan fingerprint density at radius 2 is 1.70 bits per heavy atom. The first-order valence-corrected chi connectivity index (χ1v) is 8.27. The standard InChI is InChI=1S/C13H24N4OS2/c19-12(14-9-11-7-4-8-18-11)16-17-13(20)15-10-5-2-1-3-6-10/h10-11H,1-9H2,(H2,14,16,19)(H2,15,17,20). The second kappa shape index (κ2) is 8.59. The van der Waals surface area contributed by atoms with Gasteiger partial charge in [-0.1, -0.05) is 19.3 Å². The third kappa shape index (κ3) is 5.76. The molecule has 1 aliphatic heterocycles. The summed E-state index contributed by atoms with van der Waals surface area (Å²) in [5, 5.41) is 7.60. The van der Waals surface area contributed by atoms with E-state index in [1.165, 1.54) is 32.1 Å². The minimum absolute atomic E-state index is 0.280. The zero-order valence-electron chi connectivity index (χ0n) is 11.7. The van der Waals surface area contributed by atoms with Crippen LogP contribution in [0.25, 0.3) is 0 Å². The molecule has 20 heavy (non-hydrogen) atoms. The molecule has 1 heterocycles. The monoisotopic (exact) mass is 316 g/mol. The molecule has 0 bridgehead atoms. The Labute approximate surface area is 131 Å². The van der Waals surface area contributed by atoms with Crippen molar-refractivity contribution in [2.75, 3.05) is 13.2 Å². The van der Waals surface area contributed by atoms with Crippen molar-refractivity contribution in [2.24, 2.45) is 0 Å². The Bertz CT molecular complexity index is 328.